The second kappa shape index (κ2) is 6.78. The van der Waals surface area contributed by atoms with Crippen LogP contribution in [-0.4, -0.2) is 30.3 Å². The van der Waals surface area contributed by atoms with Crippen molar-refractivity contribution in [2.24, 2.45) is 5.41 Å². The number of ketones is 1. The summed E-state index contributed by atoms with van der Waals surface area (Å²) in [6.07, 6.45) is 5.37. The second-order valence-electron chi connectivity index (χ2n) is 7.71. The number of halogens is 1. The molecule has 1 aromatic rings. The lowest BCUT2D eigenvalue weighted by Gasteiger charge is -2.35. The summed E-state index contributed by atoms with van der Waals surface area (Å²) in [5.74, 6) is 0.307. The number of piperidine rings is 1. The van der Waals surface area contributed by atoms with Gasteiger partial charge in [-0.15, -0.1) is 0 Å². The van der Waals surface area contributed by atoms with Crippen molar-refractivity contribution in [2.75, 3.05) is 19.6 Å². The maximum atomic E-state index is 12.9. The van der Waals surface area contributed by atoms with Crippen LogP contribution in [0, 0.1) is 5.41 Å². The monoisotopic (exact) mass is 331 g/mol. The smallest absolute Gasteiger partial charge is 0.161 e. The van der Waals surface area contributed by atoms with Crippen molar-refractivity contribution in [3.63, 3.8) is 0 Å². The second-order valence-corrected chi connectivity index (χ2v) is 8.12. The predicted molar refractivity (Wildman–Crippen MR) is 96.7 cm³/mol. The largest absolute Gasteiger partial charge is 0.299 e. The maximum Gasteiger partial charge on any atom is 0.161 e. The van der Waals surface area contributed by atoms with E-state index in [1.165, 1.54) is 24.8 Å². The Bertz CT molecular complexity index is 626. The van der Waals surface area contributed by atoms with Crippen molar-refractivity contribution >= 4 is 23.0 Å². The normalized spacial score (nSPS) is 22.5. The molecule has 1 fully saturated rings. The molecule has 1 aliphatic carbocycles. The lowest BCUT2D eigenvalue weighted by atomic mass is 9.72. The summed E-state index contributed by atoms with van der Waals surface area (Å²) in [5, 5.41) is 0.754. The van der Waals surface area contributed by atoms with Crippen LogP contribution in [0.5, 0.6) is 0 Å². The van der Waals surface area contributed by atoms with Gasteiger partial charge in [0.2, 0.25) is 0 Å². The van der Waals surface area contributed by atoms with Crippen LogP contribution in [0.3, 0.4) is 0 Å². The summed E-state index contributed by atoms with van der Waals surface area (Å²) in [7, 11) is 0. The first-order chi connectivity index (χ1) is 11.0. The molecule has 23 heavy (non-hydrogen) atoms. The van der Waals surface area contributed by atoms with Crippen LogP contribution < -0.4 is 0 Å². The van der Waals surface area contributed by atoms with Crippen molar-refractivity contribution in [1.82, 2.24) is 4.90 Å². The standard InChI is InChI=1S/C20H26ClNO/c1-20(2)12-16(15-8-4-5-9-18(15)21)17(19(23)13-20)14-22-10-6-3-7-11-22/h4-5,8-9H,3,6-7,10-14H2,1-2H3. The number of hydrogen-bond acceptors (Lipinski definition) is 2. The third-order valence-electron chi connectivity index (χ3n) is 5.02. The molecular weight excluding hydrogens is 306 g/mol. The topological polar surface area (TPSA) is 20.3 Å². The van der Waals surface area contributed by atoms with E-state index in [0.717, 1.165) is 42.2 Å². The van der Waals surface area contributed by atoms with Crippen molar-refractivity contribution < 1.29 is 4.79 Å². The fourth-order valence-corrected chi connectivity index (χ4v) is 4.10. The maximum absolute atomic E-state index is 12.9. The van der Waals surface area contributed by atoms with Gasteiger partial charge < -0.3 is 0 Å². The number of Topliss-reactive ketones (excluding diaryl/α,β-unsaturated/α-hetero) is 1. The van der Waals surface area contributed by atoms with Gasteiger partial charge in [-0.2, -0.15) is 0 Å². The van der Waals surface area contributed by atoms with Crippen molar-refractivity contribution in [3.8, 4) is 0 Å². The van der Waals surface area contributed by atoms with E-state index in [0.29, 0.717) is 12.2 Å². The highest BCUT2D eigenvalue weighted by Crippen LogP contribution is 2.43. The summed E-state index contributed by atoms with van der Waals surface area (Å²) in [5.41, 5.74) is 3.22. The van der Waals surface area contributed by atoms with Crippen LogP contribution in [-0.2, 0) is 4.79 Å². The minimum absolute atomic E-state index is 0.0109. The Morgan fingerprint density at radius 2 is 1.78 bits per heavy atom. The fraction of sp³-hybridized carbons (Fsp3) is 0.550. The van der Waals surface area contributed by atoms with E-state index >= 15 is 0 Å². The van der Waals surface area contributed by atoms with Crippen LogP contribution in [0.2, 0.25) is 5.02 Å². The van der Waals surface area contributed by atoms with Crippen LogP contribution in [0.1, 0.15) is 51.5 Å². The van der Waals surface area contributed by atoms with E-state index in [1.807, 2.05) is 18.2 Å². The highest BCUT2D eigenvalue weighted by Gasteiger charge is 2.34. The summed E-state index contributed by atoms with van der Waals surface area (Å²) < 4.78 is 0. The molecular formula is C20H26ClNO. The zero-order valence-electron chi connectivity index (χ0n) is 14.2. The number of hydrogen-bond donors (Lipinski definition) is 0. The van der Waals surface area contributed by atoms with Gasteiger partial charge in [0.25, 0.3) is 0 Å². The minimum Gasteiger partial charge on any atom is -0.299 e. The van der Waals surface area contributed by atoms with Crippen LogP contribution >= 0.6 is 11.6 Å². The molecule has 0 bridgehead atoms. The molecule has 0 radical (unpaired) electrons. The van der Waals surface area contributed by atoms with E-state index in [4.69, 9.17) is 11.6 Å². The Kier molecular flexibility index (Phi) is 4.93. The molecule has 0 unspecified atom stereocenters. The SMILES string of the molecule is CC1(C)CC(=O)C(CN2CCCCC2)=C(c2ccccc2Cl)C1. The molecule has 3 rings (SSSR count). The van der Waals surface area contributed by atoms with Gasteiger partial charge in [0, 0.05) is 23.6 Å². The molecule has 1 aliphatic heterocycles. The van der Waals surface area contributed by atoms with E-state index < -0.39 is 0 Å². The number of nitrogens with zero attached hydrogens (tertiary/aromatic N) is 1. The number of carbonyl (C=O) groups excluding carboxylic acids is 1. The van der Waals surface area contributed by atoms with E-state index in [9.17, 15) is 4.79 Å². The van der Waals surface area contributed by atoms with E-state index in [2.05, 4.69) is 24.8 Å². The molecule has 0 aromatic heterocycles. The molecule has 124 valence electrons. The summed E-state index contributed by atoms with van der Waals surface area (Å²) in [6.45, 7) is 7.36. The average Bonchev–Trinajstić information content (AvgIpc) is 2.51. The van der Waals surface area contributed by atoms with Crippen LogP contribution in [0.15, 0.2) is 29.8 Å². The zero-order chi connectivity index (χ0) is 16.4. The summed E-state index contributed by atoms with van der Waals surface area (Å²) in [4.78, 5) is 15.3. The molecule has 0 N–H and O–H groups in total. The lowest BCUT2D eigenvalue weighted by Crippen LogP contribution is -2.36. The first-order valence-corrected chi connectivity index (χ1v) is 9.06. The van der Waals surface area contributed by atoms with Crippen molar-refractivity contribution in [3.05, 3.63) is 40.4 Å². The van der Waals surface area contributed by atoms with Crippen LogP contribution in [0.4, 0.5) is 0 Å². The van der Waals surface area contributed by atoms with Crippen molar-refractivity contribution in [2.45, 2.75) is 46.0 Å². The number of allylic oxidation sites excluding steroid dienone is 1. The van der Waals surface area contributed by atoms with Gasteiger partial charge in [-0.05, 0) is 55.0 Å². The molecule has 2 aliphatic rings. The highest BCUT2D eigenvalue weighted by atomic mass is 35.5. The Balaban J connectivity index is 2.00. The van der Waals surface area contributed by atoms with Gasteiger partial charge in [-0.25, -0.2) is 0 Å². The Hall–Kier alpha value is -1.12. The van der Waals surface area contributed by atoms with Gasteiger partial charge in [0.15, 0.2) is 5.78 Å². The van der Waals surface area contributed by atoms with Gasteiger partial charge in [-0.3, -0.25) is 9.69 Å². The highest BCUT2D eigenvalue weighted by molar-refractivity contribution is 6.32. The molecule has 3 heteroatoms. The number of carbonyl (C=O) groups is 1. The predicted octanol–water partition coefficient (Wildman–Crippen LogP) is 4.97. The van der Waals surface area contributed by atoms with E-state index in [-0.39, 0.29) is 5.41 Å². The molecule has 0 amide bonds. The Morgan fingerprint density at radius 1 is 1.09 bits per heavy atom. The van der Waals surface area contributed by atoms with Gasteiger partial charge in [0.05, 0.1) is 0 Å². The molecule has 1 aromatic carbocycles. The molecule has 1 saturated heterocycles. The molecule has 0 saturated carbocycles. The Labute approximate surface area is 144 Å². The van der Waals surface area contributed by atoms with E-state index in [1.54, 1.807) is 0 Å². The summed E-state index contributed by atoms with van der Waals surface area (Å²) >= 11 is 6.45. The number of rotatable bonds is 3. The van der Waals surface area contributed by atoms with Gasteiger partial charge in [-0.1, -0.05) is 50.1 Å². The first kappa shape index (κ1) is 16.7. The fourth-order valence-electron chi connectivity index (χ4n) is 3.85. The number of benzene rings is 1. The quantitative estimate of drug-likeness (QED) is 0.779. The van der Waals surface area contributed by atoms with Crippen molar-refractivity contribution in [1.29, 1.82) is 0 Å². The molecule has 2 nitrogen and oxygen atoms in total. The lowest BCUT2D eigenvalue weighted by molar-refractivity contribution is -0.118. The average molecular weight is 332 g/mol. The number of likely N-dealkylation sites (tertiary alicyclic amines) is 1. The third kappa shape index (κ3) is 3.87. The molecule has 1 heterocycles. The summed E-state index contributed by atoms with van der Waals surface area (Å²) in [6, 6.07) is 7.95. The zero-order valence-corrected chi connectivity index (χ0v) is 15.0. The third-order valence-corrected chi connectivity index (χ3v) is 5.35. The van der Waals surface area contributed by atoms with Gasteiger partial charge >= 0.3 is 0 Å². The molecule has 0 spiro atoms. The first-order valence-electron chi connectivity index (χ1n) is 8.69. The Morgan fingerprint density at radius 3 is 2.48 bits per heavy atom. The van der Waals surface area contributed by atoms with Gasteiger partial charge in [0.1, 0.15) is 0 Å². The molecule has 0 atom stereocenters. The van der Waals surface area contributed by atoms with Crippen LogP contribution in [0.25, 0.3) is 5.57 Å². The minimum atomic E-state index is 0.0109.